The van der Waals surface area contributed by atoms with Crippen LogP contribution in [0.15, 0.2) is 18.2 Å². The lowest BCUT2D eigenvalue weighted by Gasteiger charge is -2.12. The van der Waals surface area contributed by atoms with Gasteiger partial charge in [0.25, 0.3) is 5.91 Å². The molecule has 0 aliphatic heterocycles. The molecule has 1 fully saturated rings. The molecule has 0 unspecified atom stereocenters. The number of halogens is 1. The minimum absolute atomic E-state index is 0.0667. The number of benzene rings is 1. The lowest BCUT2D eigenvalue weighted by molar-refractivity contribution is 0.0935. The molecule has 0 spiro atoms. The zero-order valence-corrected chi connectivity index (χ0v) is 9.63. The van der Waals surface area contributed by atoms with E-state index in [1.165, 1.54) is 6.07 Å². The van der Waals surface area contributed by atoms with Gasteiger partial charge >= 0.3 is 0 Å². The van der Waals surface area contributed by atoms with Crippen LogP contribution >= 0.6 is 11.6 Å². The second-order valence-corrected chi connectivity index (χ2v) is 4.55. The number of rotatable bonds is 2. The largest absolute Gasteiger partial charge is 0.507 e. The number of carbonyl (C=O) groups excluding carboxylic acids is 1. The zero-order chi connectivity index (χ0) is 11.5. The molecule has 4 heteroatoms. The van der Waals surface area contributed by atoms with Crippen molar-refractivity contribution in [3.63, 3.8) is 0 Å². The van der Waals surface area contributed by atoms with E-state index in [9.17, 15) is 9.90 Å². The highest BCUT2D eigenvalue weighted by atomic mass is 35.5. The average Bonchev–Trinajstić information content (AvgIpc) is 2.70. The van der Waals surface area contributed by atoms with Crippen LogP contribution in [0.2, 0.25) is 5.02 Å². The van der Waals surface area contributed by atoms with Crippen LogP contribution in [0.25, 0.3) is 0 Å². The van der Waals surface area contributed by atoms with Crippen LogP contribution in [0, 0.1) is 0 Å². The number of hydrogen-bond donors (Lipinski definition) is 2. The molecule has 1 aliphatic rings. The summed E-state index contributed by atoms with van der Waals surface area (Å²) in [5.41, 5.74) is 0.288. The fourth-order valence-electron chi connectivity index (χ4n) is 2.03. The Bertz CT molecular complexity index is 400. The molecule has 1 aromatic carbocycles. The predicted molar refractivity (Wildman–Crippen MR) is 62.8 cm³/mol. The molecule has 16 heavy (non-hydrogen) atoms. The summed E-state index contributed by atoms with van der Waals surface area (Å²) in [4.78, 5) is 11.8. The van der Waals surface area contributed by atoms with Gasteiger partial charge in [-0.2, -0.15) is 0 Å². The summed E-state index contributed by atoms with van der Waals surface area (Å²) in [6, 6.07) is 4.78. The van der Waals surface area contributed by atoms with Crippen molar-refractivity contribution in [2.75, 3.05) is 0 Å². The first-order valence-corrected chi connectivity index (χ1v) is 5.84. The summed E-state index contributed by atoms with van der Waals surface area (Å²) >= 11 is 5.70. The summed E-state index contributed by atoms with van der Waals surface area (Å²) in [5.74, 6) is -0.288. The van der Waals surface area contributed by atoms with E-state index >= 15 is 0 Å². The van der Waals surface area contributed by atoms with Gasteiger partial charge in [0.2, 0.25) is 0 Å². The Kier molecular flexibility index (Phi) is 3.34. The average molecular weight is 240 g/mol. The molecule has 1 saturated carbocycles. The molecule has 2 N–H and O–H groups in total. The summed E-state index contributed by atoms with van der Waals surface area (Å²) in [6.45, 7) is 0. The molecule has 1 aliphatic carbocycles. The maximum absolute atomic E-state index is 11.8. The lowest BCUT2D eigenvalue weighted by Crippen LogP contribution is -2.32. The molecule has 2 rings (SSSR count). The van der Waals surface area contributed by atoms with Gasteiger partial charge in [0.1, 0.15) is 5.75 Å². The van der Waals surface area contributed by atoms with Gasteiger partial charge in [-0.3, -0.25) is 4.79 Å². The van der Waals surface area contributed by atoms with E-state index in [2.05, 4.69) is 5.32 Å². The van der Waals surface area contributed by atoms with E-state index in [0.717, 1.165) is 25.7 Å². The summed E-state index contributed by atoms with van der Waals surface area (Å²) in [5, 5.41) is 12.9. The third kappa shape index (κ3) is 2.47. The fourth-order valence-corrected chi connectivity index (χ4v) is 2.20. The molecule has 0 saturated heterocycles. The molecular weight excluding hydrogens is 226 g/mol. The zero-order valence-electron chi connectivity index (χ0n) is 8.87. The maximum Gasteiger partial charge on any atom is 0.255 e. The van der Waals surface area contributed by atoms with Crippen molar-refractivity contribution in [1.29, 1.82) is 0 Å². The molecule has 0 aromatic heterocycles. The van der Waals surface area contributed by atoms with Crippen LogP contribution < -0.4 is 5.32 Å². The number of nitrogens with one attached hydrogen (secondary N) is 1. The first kappa shape index (κ1) is 11.3. The topological polar surface area (TPSA) is 49.3 Å². The van der Waals surface area contributed by atoms with Crippen molar-refractivity contribution in [2.45, 2.75) is 31.7 Å². The van der Waals surface area contributed by atoms with Crippen molar-refractivity contribution in [3.8, 4) is 5.75 Å². The van der Waals surface area contributed by atoms with Crippen LogP contribution in [-0.2, 0) is 0 Å². The highest BCUT2D eigenvalue weighted by Gasteiger charge is 2.19. The molecule has 0 atom stereocenters. The monoisotopic (exact) mass is 239 g/mol. The first-order valence-electron chi connectivity index (χ1n) is 5.46. The second kappa shape index (κ2) is 4.74. The standard InChI is InChI=1S/C12H14ClNO2/c13-8-5-6-10(11(15)7-8)12(16)14-9-3-1-2-4-9/h5-7,9,15H,1-4H2,(H,14,16). The second-order valence-electron chi connectivity index (χ2n) is 4.12. The predicted octanol–water partition coefficient (Wildman–Crippen LogP) is 2.72. The Morgan fingerprint density at radius 3 is 2.69 bits per heavy atom. The van der Waals surface area contributed by atoms with E-state index in [1.54, 1.807) is 12.1 Å². The van der Waals surface area contributed by atoms with E-state index in [-0.39, 0.29) is 23.3 Å². The summed E-state index contributed by atoms with van der Waals surface area (Å²) in [6.07, 6.45) is 4.38. The number of phenols is 1. The van der Waals surface area contributed by atoms with Crippen molar-refractivity contribution in [2.24, 2.45) is 0 Å². The van der Waals surface area contributed by atoms with Crippen LogP contribution in [0.5, 0.6) is 5.75 Å². The number of aromatic hydroxyl groups is 1. The summed E-state index contributed by atoms with van der Waals surface area (Å²) < 4.78 is 0. The van der Waals surface area contributed by atoms with Crippen LogP contribution in [-0.4, -0.2) is 17.1 Å². The Labute approximate surface area is 99.4 Å². The highest BCUT2D eigenvalue weighted by molar-refractivity contribution is 6.30. The van der Waals surface area contributed by atoms with E-state index < -0.39 is 0 Å². The molecule has 0 bridgehead atoms. The molecular formula is C12H14ClNO2. The highest BCUT2D eigenvalue weighted by Crippen LogP contribution is 2.23. The van der Waals surface area contributed by atoms with Gasteiger partial charge in [-0.1, -0.05) is 24.4 Å². The van der Waals surface area contributed by atoms with E-state index in [1.807, 2.05) is 0 Å². The van der Waals surface area contributed by atoms with Crippen molar-refractivity contribution >= 4 is 17.5 Å². The van der Waals surface area contributed by atoms with E-state index in [0.29, 0.717) is 5.02 Å². The lowest BCUT2D eigenvalue weighted by atomic mass is 10.1. The van der Waals surface area contributed by atoms with Gasteiger partial charge < -0.3 is 10.4 Å². The van der Waals surface area contributed by atoms with Gasteiger partial charge in [-0.25, -0.2) is 0 Å². The van der Waals surface area contributed by atoms with Gasteiger partial charge in [0, 0.05) is 11.1 Å². The number of phenolic OH excluding ortho intramolecular Hbond substituents is 1. The Balaban J connectivity index is 2.08. The van der Waals surface area contributed by atoms with Crippen molar-refractivity contribution in [3.05, 3.63) is 28.8 Å². The minimum atomic E-state index is -0.221. The quantitative estimate of drug-likeness (QED) is 0.834. The summed E-state index contributed by atoms with van der Waals surface area (Å²) in [7, 11) is 0. The van der Waals surface area contributed by atoms with Gasteiger partial charge in [0.05, 0.1) is 5.56 Å². The van der Waals surface area contributed by atoms with Crippen LogP contribution in [0.4, 0.5) is 0 Å². The molecule has 0 heterocycles. The molecule has 1 aromatic rings. The third-order valence-electron chi connectivity index (χ3n) is 2.89. The van der Waals surface area contributed by atoms with Gasteiger partial charge in [0.15, 0.2) is 0 Å². The van der Waals surface area contributed by atoms with Crippen molar-refractivity contribution < 1.29 is 9.90 Å². The van der Waals surface area contributed by atoms with Crippen molar-refractivity contribution in [1.82, 2.24) is 5.32 Å². The fraction of sp³-hybridized carbons (Fsp3) is 0.417. The normalized spacial score (nSPS) is 16.3. The smallest absolute Gasteiger partial charge is 0.255 e. The Hall–Kier alpha value is -1.22. The van der Waals surface area contributed by atoms with Crippen LogP contribution in [0.1, 0.15) is 36.0 Å². The minimum Gasteiger partial charge on any atom is -0.507 e. The van der Waals surface area contributed by atoms with E-state index in [4.69, 9.17) is 11.6 Å². The first-order chi connectivity index (χ1) is 7.66. The molecule has 86 valence electrons. The number of amides is 1. The molecule has 0 radical (unpaired) electrons. The number of hydrogen-bond acceptors (Lipinski definition) is 2. The molecule has 3 nitrogen and oxygen atoms in total. The SMILES string of the molecule is O=C(NC1CCCC1)c1ccc(Cl)cc1O. The maximum atomic E-state index is 11.8. The Morgan fingerprint density at radius 1 is 1.38 bits per heavy atom. The number of carbonyl (C=O) groups is 1. The van der Waals surface area contributed by atoms with Gasteiger partial charge in [-0.05, 0) is 31.0 Å². The van der Waals surface area contributed by atoms with Crippen LogP contribution in [0.3, 0.4) is 0 Å². The third-order valence-corrected chi connectivity index (χ3v) is 3.13. The Morgan fingerprint density at radius 2 is 2.06 bits per heavy atom. The van der Waals surface area contributed by atoms with Gasteiger partial charge in [-0.15, -0.1) is 0 Å². The molecule has 1 amide bonds.